The SMILES string of the molecule is CCOC(=O)C[C@H]1c2cc(OCC)c(OCC)cc2CCN1CC(=O)Nc1ccccc1Cl. The van der Waals surface area contributed by atoms with Crippen LogP contribution in [-0.4, -0.2) is 49.7 Å². The summed E-state index contributed by atoms with van der Waals surface area (Å²) >= 11 is 6.18. The second kappa shape index (κ2) is 11.9. The first-order valence-electron chi connectivity index (χ1n) is 11.3. The lowest BCUT2D eigenvalue weighted by Crippen LogP contribution is -2.41. The van der Waals surface area contributed by atoms with E-state index >= 15 is 0 Å². The van der Waals surface area contributed by atoms with Crippen molar-refractivity contribution in [1.29, 1.82) is 0 Å². The molecular formula is C25H31ClN2O5. The van der Waals surface area contributed by atoms with Gasteiger partial charge in [0.25, 0.3) is 0 Å². The fraction of sp³-hybridized carbons (Fsp3) is 0.440. The number of anilines is 1. The van der Waals surface area contributed by atoms with Crippen LogP contribution in [0.3, 0.4) is 0 Å². The highest BCUT2D eigenvalue weighted by Crippen LogP contribution is 2.40. The van der Waals surface area contributed by atoms with E-state index in [4.69, 9.17) is 25.8 Å². The summed E-state index contributed by atoms with van der Waals surface area (Å²) in [5, 5.41) is 3.34. The quantitative estimate of drug-likeness (QED) is 0.506. The Morgan fingerprint density at radius 1 is 1.06 bits per heavy atom. The van der Waals surface area contributed by atoms with Gasteiger partial charge in [-0.25, -0.2) is 0 Å². The molecule has 0 spiro atoms. The van der Waals surface area contributed by atoms with Crippen molar-refractivity contribution in [2.24, 2.45) is 0 Å². The first kappa shape index (κ1) is 24.9. The summed E-state index contributed by atoms with van der Waals surface area (Å²) in [4.78, 5) is 27.3. The Morgan fingerprint density at radius 2 is 1.76 bits per heavy atom. The van der Waals surface area contributed by atoms with Crippen molar-refractivity contribution >= 4 is 29.2 Å². The van der Waals surface area contributed by atoms with Crippen LogP contribution >= 0.6 is 11.6 Å². The molecule has 33 heavy (non-hydrogen) atoms. The van der Waals surface area contributed by atoms with E-state index in [1.54, 1.807) is 25.1 Å². The van der Waals surface area contributed by atoms with Crippen molar-refractivity contribution in [3.05, 3.63) is 52.5 Å². The second-order valence-corrected chi connectivity index (χ2v) is 8.04. The molecule has 8 heteroatoms. The Kier molecular flexibility index (Phi) is 8.97. The summed E-state index contributed by atoms with van der Waals surface area (Å²) in [6.07, 6.45) is 0.861. The molecule has 2 aromatic carbocycles. The normalized spacial score (nSPS) is 15.5. The van der Waals surface area contributed by atoms with E-state index in [0.717, 1.165) is 17.5 Å². The summed E-state index contributed by atoms with van der Waals surface area (Å²) in [7, 11) is 0. The van der Waals surface area contributed by atoms with E-state index < -0.39 is 0 Å². The van der Waals surface area contributed by atoms with Crippen LogP contribution in [-0.2, 0) is 20.7 Å². The predicted molar refractivity (Wildman–Crippen MR) is 128 cm³/mol. The summed E-state index contributed by atoms with van der Waals surface area (Å²) < 4.78 is 16.8. The van der Waals surface area contributed by atoms with Gasteiger partial charge in [-0.1, -0.05) is 23.7 Å². The number of hydrogen-bond acceptors (Lipinski definition) is 6. The average Bonchev–Trinajstić information content (AvgIpc) is 2.78. The van der Waals surface area contributed by atoms with Crippen LogP contribution < -0.4 is 14.8 Å². The van der Waals surface area contributed by atoms with Crippen molar-refractivity contribution in [2.75, 3.05) is 38.2 Å². The summed E-state index contributed by atoms with van der Waals surface area (Å²) in [5.74, 6) is 0.822. The van der Waals surface area contributed by atoms with Gasteiger partial charge in [0.05, 0.1) is 43.5 Å². The van der Waals surface area contributed by atoms with Gasteiger partial charge in [0.15, 0.2) is 11.5 Å². The van der Waals surface area contributed by atoms with Crippen LogP contribution in [0, 0.1) is 0 Å². The number of ether oxygens (including phenoxy) is 3. The van der Waals surface area contributed by atoms with Crippen LogP contribution in [0.1, 0.15) is 44.4 Å². The topological polar surface area (TPSA) is 77.1 Å². The molecule has 0 fully saturated rings. The Hall–Kier alpha value is -2.77. The number of hydrogen-bond donors (Lipinski definition) is 1. The minimum atomic E-state index is -0.320. The summed E-state index contributed by atoms with van der Waals surface area (Å²) in [6.45, 7) is 7.68. The first-order chi connectivity index (χ1) is 16.0. The van der Waals surface area contributed by atoms with Gasteiger partial charge >= 0.3 is 5.97 Å². The molecule has 0 saturated carbocycles. The maximum atomic E-state index is 12.8. The molecule has 2 aromatic rings. The average molecular weight is 475 g/mol. The van der Waals surface area contributed by atoms with Crippen LogP contribution in [0.2, 0.25) is 5.02 Å². The number of nitrogens with one attached hydrogen (secondary N) is 1. The van der Waals surface area contributed by atoms with Gasteiger partial charge in [-0.3, -0.25) is 14.5 Å². The van der Waals surface area contributed by atoms with Crippen molar-refractivity contribution in [1.82, 2.24) is 4.90 Å². The number of amides is 1. The molecule has 0 saturated heterocycles. The summed E-state index contributed by atoms with van der Waals surface area (Å²) in [5.41, 5.74) is 2.59. The number of para-hydroxylation sites is 1. The summed E-state index contributed by atoms with van der Waals surface area (Å²) in [6, 6.07) is 10.7. The zero-order valence-corrected chi connectivity index (χ0v) is 20.1. The lowest BCUT2D eigenvalue weighted by Gasteiger charge is -2.37. The van der Waals surface area contributed by atoms with E-state index in [1.165, 1.54) is 0 Å². The fourth-order valence-electron chi connectivity index (χ4n) is 4.04. The molecule has 3 rings (SSSR count). The number of rotatable bonds is 10. The molecule has 7 nitrogen and oxygen atoms in total. The number of carbonyl (C=O) groups excluding carboxylic acids is 2. The highest BCUT2D eigenvalue weighted by Gasteiger charge is 2.32. The van der Waals surface area contributed by atoms with Crippen molar-refractivity contribution < 1.29 is 23.8 Å². The predicted octanol–water partition coefficient (Wildman–Crippen LogP) is 4.63. The maximum Gasteiger partial charge on any atom is 0.307 e. The standard InChI is InChI=1S/C25H31ClN2O5/c1-4-31-22-13-17-11-12-28(16-24(29)27-20-10-8-7-9-19(20)26)21(15-25(30)33-6-3)18(17)14-23(22)32-5-2/h7-10,13-14,21H,4-6,11-12,15-16H2,1-3H3,(H,27,29)/t21-/m0/s1. The minimum absolute atomic E-state index is 0.117. The van der Waals surface area contributed by atoms with E-state index in [9.17, 15) is 9.59 Å². The van der Waals surface area contributed by atoms with Crippen LogP contribution in [0.5, 0.6) is 11.5 Å². The molecule has 0 aliphatic carbocycles. The number of esters is 1. The fourth-order valence-corrected chi connectivity index (χ4v) is 4.22. The Labute approximate surface area is 200 Å². The Balaban J connectivity index is 1.88. The van der Waals surface area contributed by atoms with Gasteiger partial charge in [-0.2, -0.15) is 0 Å². The van der Waals surface area contributed by atoms with Crippen molar-refractivity contribution in [3.8, 4) is 11.5 Å². The van der Waals surface area contributed by atoms with E-state index in [2.05, 4.69) is 5.32 Å². The van der Waals surface area contributed by atoms with E-state index in [1.807, 2.05) is 36.9 Å². The number of halogens is 1. The van der Waals surface area contributed by atoms with Gasteiger partial charge < -0.3 is 19.5 Å². The van der Waals surface area contributed by atoms with Gasteiger partial charge in [-0.15, -0.1) is 0 Å². The molecular weight excluding hydrogens is 444 g/mol. The third kappa shape index (κ3) is 6.39. The molecule has 0 unspecified atom stereocenters. The lowest BCUT2D eigenvalue weighted by atomic mass is 9.90. The molecule has 1 heterocycles. The van der Waals surface area contributed by atoms with Crippen LogP contribution in [0.25, 0.3) is 0 Å². The Bertz CT molecular complexity index is 981. The molecule has 1 atom stereocenters. The van der Waals surface area contributed by atoms with Crippen LogP contribution in [0.4, 0.5) is 5.69 Å². The first-order valence-corrected chi connectivity index (χ1v) is 11.7. The Morgan fingerprint density at radius 3 is 2.42 bits per heavy atom. The van der Waals surface area contributed by atoms with Crippen LogP contribution in [0.15, 0.2) is 36.4 Å². The molecule has 1 aliphatic heterocycles. The molecule has 0 bridgehead atoms. The molecule has 1 aliphatic rings. The molecule has 1 amide bonds. The maximum absolute atomic E-state index is 12.8. The molecule has 0 aromatic heterocycles. The van der Waals surface area contributed by atoms with E-state index in [0.29, 0.717) is 48.6 Å². The molecule has 0 radical (unpaired) electrons. The van der Waals surface area contributed by atoms with Gasteiger partial charge in [-0.05, 0) is 62.6 Å². The van der Waals surface area contributed by atoms with E-state index in [-0.39, 0.29) is 30.9 Å². The number of fused-ring (bicyclic) bond motifs is 1. The largest absolute Gasteiger partial charge is 0.490 e. The minimum Gasteiger partial charge on any atom is -0.490 e. The highest BCUT2D eigenvalue weighted by atomic mass is 35.5. The highest BCUT2D eigenvalue weighted by molar-refractivity contribution is 6.33. The third-order valence-corrected chi connectivity index (χ3v) is 5.76. The number of nitrogens with zero attached hydrogens (tertiary/aromatic N) is 1. The molecule has 178 valence electrons. The van der Waals surface area contributed by atoms with Gasteiger partial charge in [0.2, 0.25) is 5.91 Å². The van der Waals surface area contributed by atoms with Crippen molar-refractivity contribution in [3.63, 3.8) is 0 Å². The van der Waals surface area contributed by atoms with Crippen molar-refractivity contribution in [2.45, 2.75) is 39.7 Å². The van der Waals surface area contributed by atoms with Gasteiger partial charge in [0, 0.05) is 12.6 Å². The lowest BCUT2D eigenvalue weighted by molar-refractivity contribution is -0.145. The monoisotopic (exact) mass is 474 g/mol. The number of carbonyl (C=O) groups is 2. The smallest absolute Gasteiger partial charge is 0.307 e. The van der Waals surface area contributed by atoms with Gasteiger partial charge in [0.1, 0.15) is 0 Å². The molecule has 1 N–H and O–H groups in total. The zero-order chi connectivity index (χ0) is 23.8. The second-order valence-electron chi connectivity index (χ2n) is 7.64. The third-order valence-electron chi connectivity index (χ3n) is 5.43. The number of benzene rings is 2. The zero-order valence-electron chi connectivity index (χ0n) is 19.4.